The molecular weight excluding hydrogens is 332 g/mol. The van der Waals surface area contributed by atoms with Crippen LogP contribution in [0.4, 0.5) is 5.69 Å². The summed E-state index contributed by atoms with van der Waals surface area (Å²) in [6, 6.07) is 4.39. The third kappa shape index (κ3) is 3.18. The van der Waals surface area contributed by atoms with E-state index in [0.717, 1.165) is 5.01 Å². The van der Waals surface area contributed by atoms with Gasteiger partial charge >= 0.3 is 5.97 Å². The van der Waals surface area contributed by atoms with Gasteiger partial charge in [0.05, 0.1) is 16.3 Å². The number of nitrogens with one attached hydrogen (secondary N) is 1. The number of aromatic carboxylic acids is 1. The normalized spacial score (nSPS) is 10.2. The fourth-order valence-corrected chi connectivity index (χ4v) is 2.47. The summed E-state index contributed by atoms with van der Waals surface area (Å²) < 4.78 is 0.507. The Balaban J connectivity index is 2.20. The van der Waals surface area contributed by atoms with Gasteiger partial charge < -0.3 is 10.4 Å². The van der Waals surface area contributed by atoms with Gasteiger partial charge in [0.1, 0.15) is 5.69 Å². The second-order valence-electron chi connectivity index (χ2n) is 3.71. The topological polar surface area (TPSA) is 79.3 Å². The number of amides is 1. The number of carbonyl (C=O) groups is 2. The summed E-state index contributed by atoms with van der Waals surface area (Å²) in [4.78, 5) is 26.8. The second-order valence-corrected chi connectivity index (χ2v) is 5.62. The van der Waals surface area contributed by atoms with Gasteiger partial charge in [-0.15, -0.1) is 11.3 Å². The minimum atomic E-state index is -1.02. The number of hydrogen-bond donors (Lipinski definition) is 2. The monoisotopic (exact) mass is 340 g/mol. The van der Waals surface area contributed by atoms with E-state index in [9.17, 15) is 9.59 Å². The summed E-state index contributed by atoms with van der Waals surface area (Å²) in [7, 11) is 0. The summed E-state index contributed by atoms with van der Waals surface area (Å²) in [5.41, 5.74) is 0.992. The molecule has 2 aromatic rings. The van der Waals surface area contributed by atoms with E-state index in [1.807, 2.05) is 6.92 Å². The molecule has 1 amide bonds. The van der Waals surface area contributed by atoms with Crippen LogP contribution < -0.4 is 5.32 Å². The standard InChI is InChI=1S/C12H9BrN2O3S/c1-6-14-10(5-19-6)11(16)15-9-3-2-7(12(17)18)4-8(9)13/h2-5H,1H3,(H,15,16)(H,17,18). The molecule has 19 heavy (non-hydrogen) atoms. The maximum absolute atomic E-state index is 11.9. The lowest BCUT2D eigenvalue weighted by Crippen LogP contribution is -2.13. The van der Waals surface area contributed by atoms with E-state index >= 15 is 0 Å². The molecule has 0 spiro atoms. The molecule has 2 N–H and O–H groups in total. The first-order chi connectivity index (χ1) is 8.97. The van der Waals surface area contributed by atoms with Crippen molar-refractivity contribution in [2.45, 2.75) is 6.92 Å². The maximum atomic E-state index is 11.9. The molecule has 0 unspecified atom stereocenters. The molecule has 98 valence electrons. The molecule has 2 rings (SSSR count). The minimum Gasteiger partial charge on any atom is -0.478 e. The van der Waals surface area contributed by atoms with Crippen LogP contribution in [0.15, 0.2) is 28.1 Å². The highest BCUT2D eigenvalue weighted by atomic mass is 79.9. The number of aryl methyl sites for hydroxylation is 1. The van der Waals surface area contributed by atoms with Crippen LogP contribution >= 0.6 is 27.3 Å². The van der Waals surface area contributed by atoms with Crippen molar-refractivity contribution in [3.63, 3.8) is 0 Å². The molecule has 0 saturated heterocycles. The predicted molar refractivity (Wildman–Crippen MR) is 75.9 cm³/mol. The Morgan fingerprint density at radius 2 is 2.16 bits per heavy atom. The number of benzene rings is 1. The lowest BCUT2D eigenvalue weighted by atomic mass is 10.2. The average molecular weight is 341 g/mol. The van der Waals surface area contributed by atoms with Crippen molar-refractivity contribution in [2.24, 2.45) is 0 Å². The molecule has 0 fully saturated rings. The third-order valence-electron chi connectivity index (χ3n) is 2.32. The summed E-state index contributed by atoms with van der Waals surface area (Å²) in [6.45, 7) is 1.82. The highest BCUT2D eigenvalue weighted by Gasteiger charge is 2.12. The molecule has 7 heteroatoms. The number of halogens is 1. The highest BCUT2D eigenvalue weighted by Crippen LogP contribution is 2.24. The number of carbonyl (C=O) groups excluding carboxylic acids is 1. The first-order valence-corrected chi connectivity index (χ1v) is 6.91. The second kappa shape index (κ2) is 5.50. The SMILES string of the molecule is Cc1nc(C(=O)Nc2ccc(C(=O)O)cc2Br)cs1. The van der Waals surface area contributed by atoms with Crippen molar-refractivity contribution in [3.05, 3.63) is 44.3 Å². The van der Waals surface area contributed by atoms with Gasteiger partial charge in [0, 0.05) is 9.85 Å². The van der Waals surface area contributed by atoms with E-state index < -0.39 is 5.97 Å². The number of rotatable bonds is 3. The van der Waals surface area contributed by atoms with Crippen LogP contribution in [0.1, 0.15) is 25.9 Å². The number of carboxylic acids is 1. The number of aromatic nitrogens is 1. The van der Waals surface area contributed by atoms with Crippen LogP contribution in [0, 0.1) is 6.92 Å². The molecule has 0 atom stereocenters. The number of hydrogen-bond acceptors (Lipinski definition) is 4. The van der Waals surface area contributed by atoms with E-state index in [1.165, 1.54) is 29.5 Å². The van der Waals surface area contributed by atoms with Crippen molar-refractivity contribution < 1.29 is 14.7 Å². The summed E-state index contributed by atoms with van der Waals surface area (Å²) >= 11 is 4.62. The van der Waals surface area contributed by atoms with Crippen LogP contribution in [0.3, 0.4) is 0 Å². The molecule has 0 bridgehead atoms. The number of anilines is 1. The summed E-state index contributed by atoms with van der Waals surface area (Å²) in [5, 5.41) is 14.0. The van der Waals surface area contributed by atoms with Crippen molar-refractivity contribution in [1.29, 1.82) is 0 Å². The largest absolute Gasteiger partial charge is 0.478 e. The smallest absolute Gasteiger partial charge is 0.335 e. The quantitative estimate of drug-likeness (QED) is 0.899. The van der Waals surface area contributed by atoms with Crippen LogP contribution in [0.5, 0.6) is 0 Å². The van der Waals surface area contributed by atoms with Gasteiger partial charge in [-0.25, -0.2) is 9.78 Å². The first-order valence-electron chi connectivity index (χ1n) is 5.23. The molecule has 0 aliphatic carbocycles. The lowest BCUT2D eigenvalue weighted by molar-refractivity contribution is 0.0696. The molecule has 0 radical (unpaired) electrons. The Hall–Kier alpha value is -1.73. The van der Waals surface area contributed by atoms with Crippen LogP contribution in [0.25, 0.3) is 0 Å². The molecule has 0 aliphatic rings. The van der Waals surface area contributed by atoms with Crippen LogP contribution in [-0.2, 0) is 0 Å². The zero-order valence-corrected chi connectivity index (χ0v) is 12.2. The van der Waals surface area contributed by atoms with Gasteiger partial charge in [0.15, 0.2) is 0 Å². The van der Waals surface area contributed by atoms with Gasteiger partial charge in [0.2, 0.25) is 0 Å². The minimum absolute atomic E-state index is 0.148. The van der Waals surface area contributed by atoms with E-state index in [4.69, 9.17) is 5.11 Å². The van der Waals surface area contributed by atoms with Crippen molar-refractivity contribution >= 4 is 44.8 Å². The van der Waals surface area contributed by atoms with Crippen molar-refractivity contribution in [2.75, 3.05) is 5.32 Å². The van der Waals surface area contributed by atoms with E-state index in [2.05, 4.69) is 26.2 Å². The third-order valence-corrected chi connectivity index (χ3v) is 3.75. The Labute approximate surface area is 121 Å². The van der Waals surface area contributed by atoms with Crippen LogP contribution in [0.2, 0.25) is 0 Å². The van der Waals surface area contributed by atoms with Gasteiger partial charge in [-0.1, -0.05) is 0 Å². The molecule has 0 saturated carbocycles. The summed E-state index contributed by atoms with van der Waals surface area (Å²) in [6.07, 6.45) is 0. The average Bonchev–Trinajstić information content (AvgIpc) is 2.78. The molecule has 5 nitrogen and oxygen atoms in total. The zero-order chi connectivity index (χ0) is 14.0. The van der Waals surface area contributed by atoms with Gasteiger partial charge in [-0.2, -0.15) is 0 Å². The Morgan fingerprint density at radius 3 is 2.68 bits per heavy atom. The Morgan fingerprint density at radius 1 is 1.42 bits per heavy atom. The van der Waals surface area contributed by atoms with Gasteiger partial charge in [0.25, 0.3) is 5.91 Å². The zero-order valence-electron chi connectivity index (χ0n) is 9.81. The number of nitrogens with zero attached hydrogens (tertiary/aromatic N) is 1. The summed E-state index contributed by atoms with van der Waals surface area (Å²) in [5.74, 6) is -1.35. The number of carboxylic acid groups (broad SMARTS) is 1. The lowest BCUT2D eigenvalue weighted by Gasteiger charge is -2.06. The van der Waals surface area contributed by atoms with E-state index in [1.54, 1.807) is 5.38 Å². The molecule has 1 aromatic carbocycles. The van der Waals surface area contributed by atoms with E-state index in [-0.39, 0.29) is 11.5 Å². The number of thiazole rings is 1. The fraction of sp³-hybridized carbons (Fsp3) is 0.0833. The molecule has 1 heterocycles. The maximum Gasteiger partial charge on any atom is 0.335 e. The van der Waals surface area contributed by atoms with Gasteiger partial charge in [-0.05, 0) is 41.1 Å². The Bertz CT molecular complexity index is 654. The first kappa shape index (κ1) is 13.7. The van der Waals surface area contributed by atoms with Crippen molar-refractivity contribution in [3.8, 4) is 0 Å². The van der Waals surface area contributed by atoms with Gasteiger partial charge in [-0.3, -0.25) is 4.79 Å². The molecule has 1 aromatic heterocycles. The predicted octanol–water partition coefficient (Wildman–Crippen LogP) is 3.16. The van der Waals surface area contributed by atoms with Crippen molar-refractivity contribution in [1.82, 2.24) is 4.98 Å². The fourth-order valence-electron chi connectivity index (χ4n) is 1.40. The van der Waals surface area contributed by atoms with E-state index in [0.29, 0.717) is 15.9 Å². The molecule has 0 aliphatic heterocycles. The molecular formula is C12H9BrN2O3S. The highest BCUT2D eigenvalue weighted by molar-refractivity contribution is 9.10. The Kier molecular flexibility index (Phi) is 3.96. The van der Waals surface area contributed by atoms with Crippen LogP contribution in [-0.4, -0.2) is 22.0 Å².